The topological polar surface area (TPSA) is 79.4 Å². The molecule has 2 aromatic carbocycles. The molecule has 0 saturated carbocycles. The maximum absolute atomic E-state index is 13.7. The van der Waals surface area contributed by atoms with Crippen molar-refractivity contribution in [2.75, 3.05) is 13.2 Å². The summed E-state index contributed by atoms with van der Waals surface area (Å²) in [4.78, 5) is 27.4. The average molecular weight is 424 g/mol. The molecule has 2 aromatic rings. The van der Waals surface area contributed by atoms with Crippen molar-refractivity contribution in [2.24, 2.45) is 5.41 Å². The van der Waals surface area contributed by atoms with Gasteiger partial charge in [0.05, 0.1) is 31.3 Å². The van der Waals surface area contributed by atoms with Crippen LogP contribution in [0.25, 0.3) is 0 Å². The summed E-state index contributed by atoms with van der Waals surface area (Å²) >= 11 is 0. The predicted molar refractivity (Wildman–Crippen MR) is 115 cm³/mol. The molecule has 6 nitrogen and oxygen atoms in total. The number of carbonyl (C=O) groups is 2. The van der Waals surface area contributed by atoms with Crippen molar-refractivity contribution in [2.45, 2.75) is 51.0 Å². The van der Waals surface area contributed by atoms with Crippen LogP contribution in [0.5, 0.6) is 0 Å². The second-order valence-electron chi connectivity index (χ2n) is 8.12. The number of β-lactam (4-membered cyclic amide) rings is 1. The van der Waals surface area contributed by atoms with Crippen molar-refractivity contribution in [3.05, 3.63) is 71.8 Å². The molecule has 0 aromatic heterocycles. The molecule has 1 amide bonds. The summed E-state index contributed by atoms with van der Waals surface area (Å²) in [5, 5.41) is 11.6. The Hall–Kier alpha value is -2.70. The van der Waals surface area contributed by atoms with Crippen molar-refractivity contribution in [1.29, 1.82) is 0 Å². The lowest BCUT2D eigenvalue weighted by Crippen LogP contribution is -2.68. The molecular formula is C25H29NO5. The number of hydrogen-bond acceptors (Lipinski definition) is 5. The quantitative estimate of drug-likeness (QED) is 0.380. The second kappa shape index (κ2) is 8.81. The van der Waals surface area contributed by atoms with E-state index < -0.39 is 17.6 Å². The Morgan fingerprint density at radius 1 is 1.13 bits per heavy atom. The minimum absolute atomic E-state index is 0.0688. The Balaban J connectivity index is 1.73. The van der Waals surface area contributed by atoms with Crippen molar-refractivity contribution in [3.63, 3.8) is 0 Å². The lowest BCUT2D eigenvalue weighted by molar-refractivity contribution is -0.196. The number of ether oxygens (including phenoxy) is 2. The van der Waals surface area contributed by atoms with E-state index in [4.69, 9.17) is 9.47 Å². The molecule has 2 fully saturated rings. The molecule has 0 aliphatic carbocycles. The highest BCUT2D eigenvalue weighted by molar-refractivity contribution is 5.93. The van der Waals surface area contributed by atoms with Gasteiger partial charge in [0.25, 0.3) is 0 Å². The number of epoxide rings is 1. The summed E-state index contributed by atoms with van der Waals surface area (Å²) in [6.45, 7) is 4.33. The van der Waals surface area contributed by atoms with Crippen LogP contribution >= 0.6 is 0 Å². The molecule has 0 radical (unpaired) electrons. The number of nitrogens with zero attached hydrogens (tertiary/aromatic N) is 1. The number of amides is 1. The lowest BCUT2D eigenvalue weighted by atomic mass is 9.60. The molecule has 6 heteroatoms. The van der Waals surface area contributed by atoms with E-state index in [1.165, 1.54) is 0 Å². The number of carbonyl (C=O) groups excluding carboxylic acids is 2. The van der Waals surface area contributed by atoms with Crippen LogP contribution in [0.1, 0.15) is 50.0 Å². The van der Waals surface area contributed by atoms with Gasteiger partial charge in [0.1, 0.15) is 11.5 Å². The summed E-state index contributed by atoms with van der Waals surface area (Å²) in [5.41, 5.74) is 0.483. The highest BCUT2D eigenvalue weighted by Gasteiger charge is 2.74. The Kier molecular flexibility index (Phi) is 6.12. The van der Waals surface area contributed by atoms with Gasteiger partial charge in [0, 0.05) is 6.54 Å². The number of likely N-dealkylation sites (tertiary alicyclic amines) is 1. The number of aliphatic hydroxyl groups excluding tert-OH is 1. The van der Waals surface area contributed by atoms with E-state index >= 15 is 0 Å². The van der Waals surface area contributed by atoms with Crippen LogP contribution in [0.3, 0.4) is 0 Å². The zero-order valence-corrected chi connectivity index (χ0v) is 17.9. The van der Waals surface area contributed by atoms with Crippen LogP contribution < -0.4 is 0 Å². The van der Waals surface area contributed by atoms with Crippen molar-refractivity contribution in [3.8, 4) is 0 Å². The third kappa shape index (κ3) is 3.64. The van der Waals surface area contributed by atoms with E-state index in [9.17, 15) is 14.7 Å². The molecule has 0 bridgehead atoms. The highest BCUT2D eigenvalue weighted by atomic mass is 16.6. The molecule has 2 aliphatic rings. The van der Waals surface area contributed by atoms with Crippen LogP contribution in [0.15, 0.2) is 60.7 Å². The fraction of sp³-hybridized carbons (Fsp3) is 0.440. The summed E-state index contributed by atoms with van der Waals surface area (Å²) in [6, 6.07) is 18.6. The molecule has 4 rings (SSSR count). The molecule has 164 valence electrons. The molecule has 5 atom stereocenters. The third-order valence-corrected chi connectivity index (χ3v) is 6.40. The van der Waals surface area contributed by atoms with Gasteiger partial charge in [-0.1, -0.05) is 67.6 Å². The molecule has 2 saturated heterocycles. The van der Waals surface area contributed by atoms with Crippen LogP contribution in [-0.2, 0) is 19.1 Å². The number of benzene rings is 2. The monoisotopic (exact) mass is 423 g/mol. The smallest absolute Gasteiger partial charge is 0.307 e. The van der Waals surface area contributed by atoms with Gasteiger partial charge in [-0.25, -0.2) is 0 Å². The molecule has 1 N–H and O–H groups in total. The van der Waals surface area contributed by atoms with Crippen molar-refractivity contribution < 1.29 is 24.2 Å². The van der Waals surface area contributed by atoms with Gasteiger partial charge < -0.3 is 19.5 Å². The molecule has 0 spiro atoms. The predicted octanol–water partition coefficient (Wildman–Crippen LogP) is 3.42. The number of esters is 1. The van der Waals surface area contributed by atoms with Gasteiger partial charge in [-0.2, -0.15) is 0 Å². The van der Waals surface area contributed by atoms with Crippen LogP contribution in [0.4, 0.5) is 0 Å². The van der Waals surface area contributed by atoms with Gasteiger partial charge in [0.15, 0.2) is 0 Å². The Morgan fingerprint density at radius 2 is 1.77 bits per heavy atom. The summed E-state index contributed by atoms with van der Waals surface area (Å²) in [7, 11) is 0. The SMILES string of the molecule is CCOC(=O)CCN1C(=O)[C@]([C@H](O)c2ccccc2)([C@H]2O[C@H]2CC)[C@H]1c1ccccc1. The first-order valence-corrected chi connectivity index (χ1v) is 11.0. The molecule has 31 heavy (non-hydrogen) atoms. The zero-order valence-electron chi connectivity index (χ0n) is 17.9. The molecule has 2 aliphatic heterocycles. The number of hydrogen-bond donors (Lipinski definition) is 1. The van der Waals surface area contributed by atoms with E-state index in [0.717, 1.165) is 12.0 Å². The lowest BCUT2D eigenvalue weighted by Gasteiger charge is -2.58. The van der Waals surface area contributed by atoms with Crippen LogP contribution in [0, 0.1) is 5.41 Å². The van der Waals surface area contributed by atoms with E-state index in [0.29, 0.717) is 12.2 Å². The maximum Gasteiger partial charge on any atom is 0.307 e. The van der Waals surface area contributed by atoms with Gasteiger partial charge in [-0.3, -0.25) is 9.59 Å². The van der Waals surface area contributed by atoms with Gasteiger partial charge in [-0.15, -0.1) is 0 Å². The molecule has 2 heterocycles. The Morgan fingerprint density at radius 3 is 2.35 bits per heavy atom. The van der Waals surface area contributed by atoms with Crippen LogP contribution in [-0.4, -0.2) is 47.2 Å². The first-order valence-electron chi connectivity index (χ1n) is 11.0. The largest absolute Gasteiger partial charge is 0.466 e. The Bertz CT molecular complexity index is 918. The second-order valence-corrected chi connectivity index (χ2v) is 8.12. The molecule has 0 unspecified atom stereocenters. The normalized spacial score (nSPS) is 28.0. The minimum atomic E-state index is -1.13. The van der Waals surface area contributed by atoms with E-state index in [1.807, 2.05) is 67.6 Å². The van der Waals surface area contributed by atoms with Crippen molar-refractivity contribution in [1.82, 2.24) is 4.90 Å². The number of rotatable bonds is 9. The standard InChI is InChI=1S/C25H29NO5/c1-3-19-23(31-19)25(22(28)18-13-9-6-10-14-18)21(17-11-7-5-8-12-17)26(24(25)29)16-15-20(27)30-4-2/h5-14,19,21-23,28H,3-4,15-16H2,1-2H3/t19-,21+,22+,23-,25+/m0/s1. The van der Waals surface area contributed by atoms with Gasteiger partial charge in [0.2, 0.25) is 5.91 Å². The fourth-order valence-electron chi connectivity index (χ4n) is 4.93. The fourth-order valence-corrected chi connectivity index (χ4v) is 4.93. The van der Waals surface area contributed by atoms with Gasteiger partial charge >= 0.3 is 5.97 Å². The number of aliphatic hydroxyl groups is 1. The van der Waals surface area contributed by atoms with Crippen molar-refractivity contribution >= 4 is 11.9 Å². The average Bonchev–Trinajstić information content (AvgIpc) is 3.58. The third-order valence-electron chi connectivity index (χ3n) is 6.40. The van der Waals surface area contributed by atoms with E-state index in [-0.39, 0.29) is 37.0 Å². The first kappa shape index (κ1) is 21.5. The maximum atomic E-state index is 13.7. The highest BCUT2D eigenvalue weighted by Crippen LogP contribution is 2.64. The summed E-state index contributed by atoms with van der Waals surface area (Å²) in [6.07, 6.45) is -0.578. The molecular weight excluding hydrogens is 394 g/mol. The van der Waals surface area contributed by atoms with E-state index in [2.05, 4.69) is 0 Å². The van der Waals surface area contributed by atoms with Gasteiger partial charge in [-0.05, 0) is 24.5 Å². The summed E-state index contributed by atoms with van der Waals surface area (Å²) < 4.78 is 11.0. The zero-order chi connectivity index (χ0) is 22.0. The van der Waals surface area contributed by atoms with E-state index in [1.54, 1.807) is 11.8 Å². The van der Waals surface area contributed by atoms with Crippen LogP contribution in [0.2, 0.25) is 0 Å². The first-order chi connectivity index (χ1) is 15.1. The minimum Gasteiger partial charge on any atom is -0.466 e. The Labute approximate surface area is 182 Å². The summed E-state index contributed by atoms with van der Waals surface area (Å²) in [5.74, 6) is -0.514.